The van der Waals surface area contributed by atoms with Gasteiger partial charge in [0.25, 0.3) is 0 Å². The predicted octanol–water partition coefficient (Wildman–Crippen LogP) is 16.2. The van der Waals surface area contributed by atoms with Crippen LogP contribution in [0.15, 0.2) is 249 Å². The third kappa shape index (κ3) is 5.70. The second kappa shape index (κ2) is 14.6. The Hall–Kier alpha value is -8.00. The molecule has 0 aromatic heterocycles. The first-order valence-corrected chi connectivity index (χ1v) is 21.5. The van der Waals surface area contributed by atoms with Gasteiger partial charge in [-0.1, -0.05) is 200 Å². The van der Waals surface area contributed by atoms with Crippen LogP contribution < -0.4 is 4.90 Å². The maximum absolute atomic E-state index is 2.44. The lowest BCUT2D eigenvalue weighted by molar-refractivity contribution is 0.792. The van der Waals surface area contributed by atoms with Gasteiger partial charge in [0.2, 0.25) is 0 Å². The molecule has 0 spiro atoms. The molecule has 0 N–H and O–H groups in total. The van der Waals surface area contributed by atoms with Gasteiger partial charge < -0.3 is 4.90 Å². The van der Waals surface area contributed by atoms with Gasteiger partial charge in [0.15, 0.2) is 0 Å². The maximum Gasteiger partial charge on any atom is 0.0726 e. The average Bonchev–Trinajstić information content (AvgIpc) is 3.84. The molecule has 0 bridgehead atoms. The quantitative estimate of drug-likeness (QED) is 0.148. The molecule has 1 heteroatoms. The second-order valence-corrected chi connectivity index (χ2v) is 16.4. The topological polar surface area (TPSA) is 3.24 Å². The summed E-state index contributed by atoms with van der Waals surface area (Å²) in [5.41, 5.74) is 23.2. The number of hydrogen-bond acceptors (Lipinski definition) is 1. The molecule has 0 fully saturated rings. The van der Waals surface area contributed by atoms with Crippen molar-refractivity contribution in [1.29, 1.82) is 0 Å². The lowest BCUT2D eigenvalue weighted by Crippen LogP contribution is -2.26. The molecule has 0 unspecified atom stereocenters. The van der Waals surface area contributed by atoms with Crippen LogP contribution in [0.3, 0.4) is 0 Å². The van der Waals surface area contributed by atoms with E-state index in [1.165, 1.54) is 89.0 Å². The monoisotopic (exact) mass is 787 g/mol. The second-order valence-electron chi connectivity index (χ2n) is 16.4. The van der Waals surface area contributed by atoms with E-state index in [1.807, 2.05) is 0 Å². The molecule has 2 aliphatic rings. The minimum atomic E-state index is -0.429. The summed E-state index contributed by atoms with van der Waals surface area (Å²) in [6.07, 6.45) is 0. The van der Waals surface area contributed by atoms with Gasteiger partial charge in [0, 0.05) is 17.1 Å². The fourth-order valence-electron chi connectivity index (χ4n) is 10.3. The van der Waals surface area contributed by atoms with Crippen LogP contribution in [0.1, 0.15) is 22.3 Å². The molecule has 0 saturated heterocycles. The Labute approximate surface area is 363 Å². The normalized spacial score (nSPS) is 12.6. The Balaban J connectivity index is 0.995. The Bertz CT molecular complexity index is 3080. The number of hydrogen-bond donors (Lipinski definition) is 0. The predicted molar refractivity (Wildman–Crippen MR) is 259 cm³/mol. The summed E-state index contributed by atoms with van der Waals surface area (Å²) in [5, 5.41) is 0. The van der Waals surface area contributed by atoms with Gasteiger partial charge >= 0.3 is 0 Å². The van der Waals surface area contributed by atoms with Gasteiger partial charge in [-0.25, -0.2) is 0 Å². The first-order chi connectivity index (χ1) is 30.7. The highest BCUT2D eigenvalue weighted by Gasteiger charge is 2.52. The van der Waals surface area contributed by atoms with Crippen molar-refractivity contribution in [2.45, 2.75) is 5.41 Å². The molecule has 0 aliphatic heterocycles. The molecule has 0 saturated carbocycles. The summed E-state index contributed by atoms with van der Waals surface area (Å²) >= 11 is 0. The van der Waals surface area contributed by atoms with E-state index < -0.39 is 5.41 Å². The standard InChI is InChI=1S/C61H41N/c1-3-15-42(16-4-1)46-19-11-21-48(39-46)44-31-35-51(36-32-44)62(52-37-33-45(34-38-52)49-22-12-20-47(40-49)43-17-5-2-6-18-43)53-24-13-23-50(41-53)61-58-29-9-7-25-54(58)56-27-14-28-57(60(56)61)55-26-8-10-30-59(55)61/h1-41H. The zero-order valence-corrected chi connectivity index (χ0v) is 34.1. The summed E-state index contributed by atoms with van der Waals surface area (Å²) in [4.78, 5) is 2.42. The summed E-state index contributed by atoms with van der Waals surface area (Å²) < 4.78 is 0. The van der Waals surface area contributed by atoms with Crippen LogP contribution in [-0.4, -0.2) is 0 Å². The van der Waals surface area contributed by atoms with Crippen LogP contribution in [0.25, 0.3) is 66.8 Å². The molecule has 0 radical (unpaired) electrons. The molecule has 1 nitrogen and oxygen atoms in total. The van der Waals surface area contributed by atoms with Gasteiger partial charge in [-0.05, 0) is 138 Å². The van der Waals surface area contributed by atoms with E-state index >= 15 is 0 Å². The van der Waals surface area contributed by atoms with Gasteiger partial charge in [-0.2, -0.15) is 0 Å². The third-order valence-corrected chi connectivity index (χ3v) is 13.1. The van der Waals surface area contributed by atoms with Crippen LogP contribution in [0.5, 0.6) is 0 Å². The van der Waals surface area contributed by atoms with E-state index in [2.05, 4.69) is 254 Å². The lowest BCUT2D eigenvalue weighted by atomic mass is 9.70. The molecule has 0 atom stereocenters. The minimum Gasteiger partial charge on any atom is -0.310 e. The van der Waals surface area contributed by atoms with Gasteiger partial charge in [-0.15, -0.1) is 0 Å². The fraction of sp³-hybridized carbons (Fsp3) is 0.0164. The summed E-state index contributed by atoms with van der Waals surface area (Å²) in [5.74, 6) is 0. The first-order valence-electron chi connectivity index (χ1n) is 21.5. The van der Waals surface area contributed by atoms with Gasteiger partial charge in [-0.3, -0.25) is 0 Å². The van der Waals surface area contributed by atoms with Crippen molar-refractivity contribution in [1.82, 2.24) is 0 Å². The van der Waals surface area contributed by atoms with Crippen molar-refractivity contribution in [2.75, 3.05) is 4.90 Å². The summed E-state index contributed by atoms with van der Waals surface area (Å²) in [6.45, 7) is 0. The van der Waals surface area contributed by atoms with Crippen LogP contribution in [-0.2, 0) is 5.41 Å². The number of rotatable bonds is 8. The maximum atomic E-state index is 2.44. The molecule has 10 aromatic carbocycles. The highest BCUT2D eigenvalue weighted by Crippen LogP contribution is 2.64. The van der Waals surface area contributed by atoms with Crippen LogP contribution in [0, 0.1) is 0 Å². The van der Waals surface area contributed by atoms with Crippen molar-refractivity contribution >= 4 is 17.1 Å². The minimum absolute atomic E-state index is 0.429. The van der Waals surface area contributed by atoms with Crippen molar-refractivity contribution in [3.8, 4) is 66.8 Å². The van der Waals surface area contributed by atoms with Crippen LogP contribution in [0.4, 0.5) is 17.1 Å². The van der Waals surface area contributed by atoms with Crippen molar-refractivity contribution < 1.29 is 0 Å². The van der Waals surface area contributed by atoms with Crippen molar-refractivity contribution in [2.24, 2.45) is 0 Å². The summed E-state index contributed by atoms with van der Waals surface area (Å²) in [6, 6.07) is 91.3. The Morgan fingerprint density at radius 2 is 0.613 bits per heavy atom. The zero-order chi connectivity index (χ0) is 41.0. The Morgan fingerprint density at radius 1 is 0.242 bits per heavy atom. The van der Waals surface area contributed by atoms with E-state index in [0.717, 1.165) is 17.1 Å². The molecule has 62 heavy (non-hydrogen) atoms. The van der Waals surface area contributed by atoms with E-state index in [-0.39, 0.29) is 0 Å². The lowest BCUT2D eigenvalue weighted by Gasteiger charge is -2.33. The largest absolute Gasteiger partial charge is 0.310 e. The SMILES string of the molecule is c1ccc(-c2cccc(-c3ccc(N(c4ccc(-c5cccc(-c6ccccc6)c5)cc4)c4cccc(C56c7ccccc7-c7cccc(c75)-c5ccccc56)c4)cc3)c2)cc1. The highest BCUT2D eigenvalue weighted by atomic mass is 15.1. The Morgan fingerprint density at radius 3 is 1.10 bits per heavy atom. The van der Waals surface area contributed by atoms with Crippen LogP contribution in [0.2, 0.25) is 0 Å². The first kappa shape index (κ1) is 35.9. The molecular formula is C61H41N. The molecule has 0 heterocycles. The molecule has 0 amide bonds. The average molecular weight is 788 g/mol. The third-order valence-electron chi connectivity index (χ3n) is 13.1. The van der Waals surface area contributed by atoms with E-state index in [4.69, 9.17) is 0 Å². The Kier molecular flexibility index (Phi) is 8.47. The molecule has 12 rings (SSSR count). The highest BCUT2D eigenvalue weighted by molar-refractivity contribution is 5.99. The molecule has 290 valence electrons. The number of nitrogens with zero attached hydrogens (tertiary/aromatic N) is 1. The van der Waals surface area contributed by atoms with E-state index in [9.17, 15) is 0 Å². The number of fused-ring (bicyclic) bond motifs is 6. The van der Waals surface area contributed by atoms with Gasteiger partial charge in [0.05, 0.1) is 5.41 Å². The van der Waals surface area contributed by atoms with E-state index in [0.29, 0.717) is 0 Å². The number of anilines is 3. The number of benzene rings is 10. The van der Waals surface area contributed by atoms with Crippen molar-refractivity contribution in [3.05, 3.63) is 271 Å². The fourth-order valence-corrected chi connectivity index (χ4v) is 10.3. The molecular weight excluding hydrogens is 747 g/mol. The zero-order valence-electron chi connectivity index (χ0n) is 34.1. The smallest absolute Gasteiger partial charge is 0.0726 e. The summed E-state index contributed by atoms with van der Waals surface area (Å²) in [7, 11) is 0. The van der Waals surface area contributed by atoms with Gasteiger partial charge in [0.1, 0.15) is 0 Å². The van der Waals surface area contributed by atoms with E-state index in [1.54, 1.807) is 0 Å². The van der Waals surface area contributed by atoms with Crippen molar-refractivity contribution in [3.63, 3.8) is 0 Å². The molecule has 10 aromatic rings. The molecule has 2 aliphatic carbocycles. The van der Waals surface area contributed by atoms with Crippen LogP contribution >= 0.6 is 0 Å².